The quantitative estimate of drug-likeness (QED) is 0.793. The zero-order chi connectivity index (χ0) is 15.0. The van der Waals surface area contributed by atoms with Crippen LogP contribution in [-0.2, 0) is 0 Å². The summed E-state index contributed by atoms with van der Waals surface area (Å²) in [5, 5.41) is 9.11. The Labute approximate surface area is 122 Å². The summed E-state index contributed by atoms with van der Waals surface area (Å²) in [5.74, 6) is -0.447. The fourth-order valence-electron chi connectivity index (χ4n) is 2.37. The second-order valence-electron chi connectivity index (χ2n) is 5.37. The molecule has 0 aliphatic heterocycles. The molecule has 1 heterocycles. The van der Waals surface area contributed by atoms with Gasteiger partial charge in [0.1, 0.15) is 6.33 Å². The molecule has 1 aromatic heterocycles. The molecule has 2 aromatic carbocycles. The van der Waals surface area contributed by atoms with E-state index in [1.54, 1.807) is 24.5 Å². The fourth-order valence-corrected chi connectivity index (χ4v) is 2.37. The zero-order valence-corrected chi connectivity index (χ0v) is 11.9. The molecule has 0 aliphatic carbocycles. The van der Waals surface area contributed by atoms with Crippen molar-refractivity contribution >= 4 is 17.0 Å². The molecule has 3 aromatic rings. The number of aromatic carboxylic acids is 1. The normalized spacial score (nSPS) is 11.2. The maximum absolute atomic E-state index is 11.1. The monoisotopic (exact) mass is 280 g/mol. The number of rotatable bonds is 3. The summed E-state index contributed by atoms with van der Waals surface area (Å²) in [6, 6.07) is 13.2. The number of imidazole rings is 1. The minimum atomic E-state index is -0.931. The number of carbonyl (C=O) groups is 1. The Kier molecular flexibility index (Phi) is 3.22. The topological polar surface area (TPSA) is 55.1 Å². The van der Waals surface area contributed by atoms with E-state index in [2.05, 4.69) is 31.0 Å². The van der Waals surface area contributed by atoms with Crippen molar-refractivity contribution in [2.24, 2.45) is 0 Å². The summed E-state index contributed by atoms with van der Waals surface area (Å²) in [6.45, 7) is 4.31. The van der Waals surface area contributed by atoms with Crippen molar-refractivity contribution in [2.75, 3.05) is 0 Å². The van der Waals surface area contributed by atoms with Gasteiger partial charge in [-0.1, -0.05) is 26.0 Å². The molecular formula is C17H16N2O2. The highest BCUT2D eigenvalue weighted by Gasteiger charge is 2.09. The minimum absolute atomic E-state index is 0.267. The van der Waals surface area contributed by atoms with Gasteiger partial charge in [-0.15, -0.1) is 0 Å². The summed E-state index contributed by atoms with van der Waals surface area (Å²) in [6.07, 6.45) is 1.72. The molecule has 21 heavy (non-hydrogen) atoms. The Bertz CT molecular complexity index is 801. The lowest BCUT2D eigenvalue weighted by Gasteiger charge is -2.08. The molecular weight excluding hydrogens is 264 g/mol. The average molecular weight is 280 g/mol. The second-order valence-corrected chi connectivity index (χ2v) is 5.37. The van der Waals surface area contributed by atoms with Crippen LogP contribution in [0.2, 0.25) is 0 Å². The highest BCUT2D eigenvalue weighted by Crippen LogP contribution is 2.22. The standard InChI is InChI=1S/C17H16N2O2/c1-11(2)12-3-6-14(7-4-12)19-10-18-15-8-5-13(17(20)21)9-16(15)19/h3-11H,1-2H3,(H,20,21). The Morgan fingerprint density at radius 1 is 1.14 bits per heavy atom. The summed E-state index contributed by atoms with van der Waals surface area (Å²) in [7, 11) is 0. The number of fused-ring (bicyclic) bond motifs is 1. The van der Waals surface area contributed by atoms with Crippen LogP contribution >= 0.6 is 0 Å². The molecule has 0 fully saturated rings. The highest BCUT2D eigenvalue weighted by atomic mass is 16.4. The largest absolute Gasteiger partial charge is 0.478 e. The van der Waals surface area contributed by atoms with Crippen LogP contribution in [0.15, 0.2) is 48.8 Å². The lowest BCUT2D eigenvalue weighted by molar-refractivity contribution is 0.0697. The molecule has 0 saturated heterocycles. The smallest absolute Gasteiger partial charge is 0.335 e. The highest BCUT2D eigenvalue weighted by molar-refractivity contribution is 5.92. The van der Waals surface area contributed by atoms with Crippen LogP contribution in [0, 0.1) is 0 Å². The van der Waals surface area contributed by atoms with E-state index in [9.17, 15) is 4.79 Å². The molecule has 0 radical (unpaired) electrons. The molecule has 0 aliphatic rings. The van der Waals surface area contributed by atoms with Crippen molar-refractivity contribution in [3.05, 3.63) is 59.9 Å². The molecule has 0 amide bonds. The van der Waals surface area contributed by atoms with Gasteiger partial charge in [0.2, 0.25) is 0 Å². The van der Waals surface area contributed by atoms with Gasteiger partial charge in [0.25, 0.3) is 0 Å². The van der Waals surface area contributed by atoms with Gasteiger partial charge in [-0.25, -0.2) is 9.78 Å². The number of carboxylic acid groups (broad SMARTS) is 1. The Balaban J connectivity index is 2.11. The number of hydrogen-bond donors (Lipinski definition) is 1. The van der Waals surface area contributed by atoms with Crippen LogP contribution in [-0.4, -0.2) is 20.6 Å². The van der Waals surface area contributed by atoms with Gasteiger partial charge in [-0.3, -0.25) is 4.57 Å². The van der Waals surface area contributed by atoms with Gasteiger partial charge in [0, 0.05) is 5.69 Å². The SMILES string of the molecule is CC(C)c1ccc(-n2cnc3ccc(C(=O)O)cc32)cc1. The molecule has 0 atom stereocenters. The summed E-state index contributed by atoms with van der Waals surface area (Å²) in [4.78, 5) is 15.4. The molecule has 1 N–H and O–H groups in total. The number of nitrogens with zero attached hydrogens (tertiary/aromatic N) is 2. The van der Waals surface area contributed by atoms with E-state index in [1.807, 2.05) is 16.7 Å². The molecule has 0 saturated carbocycles. The van der Waals surface area contributed by atoms with E-state index in [1.165, 1.54) is 5.56 Å². The van der Waals surface area contributed by atoms with Crippen LogP contribution in [0.5, 0.6) is 0 Å². The van der Waals surface area contributed by atoms with Gasteiger partial charge < -0.3 is 5.11 Å². The summed E-state index contributed by atoms with van der Waals surface area (Å²) in [5.41, 5.74) is 4.10. The van der Waals surface area contributed by atoms with Crippen LogP contribution in [0.3, 0.4) is 0 Å². The van der Waals surface area contributed by atoms with Crippen LogP contribution in [0.1, 0.15) is 35.7 Å². The molecule has 106 valence electrons. The maximum Gasteiger partial charge on any atom is 0.335 e. The second kappa shape index (κ2) is 5.05. The first-order chi connectivity index (χ1) is 10.1. The number of benzene rings is 2. The Hall–Kier alpha value is -2.62. The first-order valence-electron chi connectivity index (χ1n) is 6.87. The van der Waals surface area contributed by atoms with Gasteiger partial charge >= 0.3 is 5.97 Å². The van der Waals surface area contributed by atoms with E-state index in [0.717, 1.165) is 16.7 Å². The molecule has 4 heteroatoms. The summed E-state index contributed by atoms with van der Waals surface area (Å²) < 4.78 is 1.91. The van der Waals surface area contributed by atoms with Crippen molar-refractivity contribution in [3.63, 3.8) is 0 Å². The Morgan fingerprint density at radius 2 is 1.86 bits per heavy atom. The van der Waals surface area contributed by atoms with Crippen molar-refractivity contribution < 1.29 is 9.90 Å². The lowest BCUT2D eigenvalue weighted by atomic mass is 10.0. The predicted molar refractivity (Wildman–Crippen MR) is 82.1 cm³/mol. The van der Waals surface area contributed by atoms with Gasteiger partial charge in [-0.05, 0) is 41.8 Å². The van der Waals surface area contributed by atoms with Crippen LogP contribution < -0.4 is 0 Å². The average Bonchev–Trinajstić information content (AvgIpc) is 2.90. The molecule has 3 rings (SSSR count). The number of hydrogen-bond acceptors (Lipinski definition) is 2. The van der Waals surface area contributed by atoms with E-state index in [4.69, 9.17) is 5.11 Å². The van der Waals surface area contributed by atoms with E-state index >= 15 is 0 Å². The molecule has 0 bridgehead atoms. The van der Waals surface area contributed by atoms with Crippen molar-refractivity contribution in [2.45, 2.75) is 19.8 Å². The number of carboxylic acids is 1. The lowest BCUT2D eigenvalue weighted by Crippen LogP contribution is -1.98. The van der Waals surface area contributed by atoms with Crippen molar-refractivity contribution in [1.29, 1.82) is 0 Å². The van der Waals surface area contributed by atoms with Gasteiger partial charge in [0.15, 0.2) is 0 Å². The minimum Gasteiger partial charge on any atom is -0.478 e. The third-order valence-corrected chi connectivity index (χ3v) is 3.63. The van der Waals surface area contributed by atoms with E-state index < -0.39 is 5.97 Å². The van der Waals surface area contributed by atoms with Gasteiger partial charge in [0.05, 0.1) is 16.6 Å². The number of aromatic nitrogens is 2. The van der Waals surface area contributed by atoms with E-state index in [0.29, 0.717) is 5.92 Å². The maximum atomic E-state index is 11.1. The third-order valence-electron chi connectivity index (χ3n) is 3.63. The summed E-state index contributed by atoms with van der Waals surface area (Å²) >= 11 is 0. The van der Waals surface area contributed by atoms with Crippen LogP contribution in [0.25, 0.3) is 16.7 Å². The Morgan fingerprint density at radius 3 is 2.48 bits per heavy atom. The van der Waals surface area contributed by atoms with Crippen molar-refractivity contribution in [3.8, 4) is 5.69 Å². The fraction of sp³-hybridized carbons (Fsp3) is 0.176. The van der Waals surface area contributed by atoms with Crippen molar-refractivity contribution in [1.82, 2.24) is 9.55 Å². The zero-order valence-electron chi connectivity index (χ0n) is 11.9. The molecule has 0 spiro atoms. The molecule has 4 nitrogen and oxygen atoms in total. The predicted octanol–water partition coefficient (Wildman–Crippen LogP) is 3.85. The third kappa shape index (κ3) is 2.40. The molecule has 0 unspecified atom stereocenters. The van der Waals surface area contributed by atoms with Gasteiger partial charge in [-0.2, -0.15) is 0 Å². The van der Waals surface area contributed by atoms with Crippen LogP contribution in [0.4, 0.5) is 0 Å². The first-order valence-corrected chi connectivity index (χ1v) is 6.87. The first kappa shape index (κ1) is 13.4. The van der Waals surface area contributed by atoms with E-state index in [-0.39, 0.29) is 5.56 Å².